The fourth-order valence-corrected chi connectivity index (χ4v) is 1.47. The molecule has 2 heterocycles. The predicted octanol–water partition coefficient (Wildman–Crippen LogP) is 0.0192. The molecule has 1 atom stereocenters. The molecule has 1 saturated heterocycles. The molecular formula is C8H11N3O. The van der Waals surface area contributed by atoms with Gasteiger partial charge in [-0.1, -0.05) is 0 Å². The lowest BCUT2D eigenvalue weighted by molar-refractivity contribution is -0.119. The van der Waals surface area contributed by atoms with Gasteiger partial charge < -0.3 is 5.32 Å². The molecule has 1 aromatic heterocycles. The average molecular weight is 165 g/mol. The Morgan fingerprint density at radius 3 is 3.25 bits per heavy atom. The van der Waals surface area contributed by atoms with Gasteiger partial charge in [0.25, 0.3) is 0 Å². The van der Waals surface area contributed by atoms with Gasteiger partial charge in [-0.15, -0.1) is 0 Å². The van der Waals surface area contributed by atoms with Gasteiger partial charge in [0.1, 0.15) is 0 Å². The third-order valence-electron chi connectivity index (χ3n) is 2.07. The fourth-order valence-electron chi connectivity index (χ4n) is 1.47. The van der Waals surface area contributed by atoms with Gasteiger partial charge in [0.05, 0.1) is 0 Å². The van der Waals surface area contributed by atoms with Crippen molar-refractivity contribution in [2.75, 3.05) is 6.54 Å². The number of hydrogen-bond donors (Lipinski definition) is 1. The molecule has 12 heavy (non-hydrogen) atoms. The number of nitrogens with zero attached hydrogens (tertiary/aromatic N) is 2. The second-order valence-corrected chi connectivity index (χ2v) is 3.10. The van der Waals surface area contributed by atoms with Crippen LogP contribution in [-0.4, -0.2) is 22.2 Å². The number of hydrogen-bond acceptors (Lipinski definition) is 2. The van der Waals surface area contributed by atoms with Gasteiger partial charge in [-0.3, -0.25) is 9.48 Å². The first-order valence-corrected chi connectivity index (χ1v) is 4.09. The molecule has 4 heteroatoms. The molecule has 4 nitrogen and oxygen atoms in total. The highest BCUT2D eigenvalue weighted by molar-refractivity contribution is 5.78. The van der Waals surface area contributed by atoms with Crippen molar-refractivity contribution in [1.82, 2.24) is 15.1 Å². The molecule has 0 spiro atoms. The maximum Gasteiger partial charge on any atom is 0.220 e. The lowest BCUT2D eigenvalue weighted by Crippen LogP contribution is -2.16. The van der Waals surface area contributed by atoms with Gasteiger partial charge >= 0.3 is 0 Å². The average Bonchev–Trinajstić information content (AvgIpc) is 2.63. The van der Waals surface area contributed by atoms with E-state index < -0.39 is 0 Å². The van der Waals surface area contributed by atoms with E-state index in [0.717, 1.165) is 13.1 Å². The van der Waals surface area contributed by atoms with E-state index in [1.807, 2.05) is 16.9 Å². The zero-order chi connectivity index (χ0) is 8.39. The highest BCUT2D eigenvalue weighted by Gasteiger charge is 2.21. The summed E-state index contributed by atoms with van der Waals surface area (Å²) in [4.78, 5) is 10.8. The molecule has 0 aromatic carbocycles. The molecule has 1 aliphatic heterocycles. The zero-order valence-electron chi connectivity index (χ0n) is 6.73. The van der Waals surface area contributed by atoms with Crippen molar-refractivity contribution in [3.63, 3.8) is 0 Å². The molecule has 2 rings (SSSR count). The topological polar surface area (TPSA) is 46.9 Å². The van der Waals surface area contributed by atoms with Crippen molar-refractivity contribution in [1.29, 1.82) is 0 Å². The van der Waals surface area contributed by atoms with Crippen molar-refractivity contribution in [3.05, 3.63) is 18.5 Å². The smallest absolute Gasteiger partial charge is 0.220 e. The number of nitrogens with one attached hydrogen (secondary N) is 1. The van der Waals surface area contributed by atoms with Crippen LogP contribution in [-0.2, 0) is 11.3 Å². The molecule has 1 amide bonds. The quantitative estimate of drug-likeness (QED) is 0.671. The first-order chi connectivity index (χ1) is 5.84. The van der Waals surface area contributed by atoms with E-state index in [-0.39, 0.29) is 5.91 Å². The summed E-state index contributed by atoms with van der Waals surface area (Å²) in [6, 6.07) is 1.89. The van der Waals surface area contributed by atoms with Crippen LogP contribution in [0.15, 0.2) is 18.5 Å². The first kappa shape index (κ1) is 7.34. The number of aromatic nitrogens is 2. The Morgan fingerprint density at radius 1 is 1.75 bits per heavy atom. The van der Waals surface area contributed by atoms with Gasteiger partial charge in [0, 0.05) is 37.8 Å². The van der Waals surface area contributed by atoms with E-state index in [1.165, 1.54) is 0 Å². The summed E-state index contributed by atoms with van der Waals surface area (Å²) in [5.74, 6) is 0.574. The highest BCUT2D eigenvalue weighted by atomic mass is 16.1. The monoisotopic (exact) mass is 165 g/mol. The molecule has 1 unspecified atom stereocenters. The molecule has 0 radical (unpaired) electrons. The normalized spacial score (nSPS) is 22.7. The third kappa shape index (κ3) is 1.47. The summed E-state index contributed by atoms with van der Waals surface area (Å²) < 4.78 is 1.87. The van der Waals surface area contributed by atoms with Crippen molar-refractivity contribution in [2.24, 2.45) is 5.92 Å². The maximum absolute atomic E-state index is 10.8. The minimum Gasteiger partial charge on any atom is -0.356 e. The predicted molar refractivity (Wildman–Crippen MR) is 43.3 cm³/mol. The van der Waals surface area contributed by atoms with E-state index in [2.05, 4.69) is 10.4 Å². The van der Waals surface area contributed by atoms with E-state index in [9.17, 15) is 4.79 Å². The second-order valence-electron chi connectivity index (χ2n) is 3.10. The number of amides is 1. The molecule has 1 aromatic rings. The Kier molecular flexibility index (Phi) is 1.81. The summed E-state index contributed by atoms with van der Waals surface area (Å²) in [5.41, 5.74) is 0. The van der Waals surface area contributed by atoms with E-state index in [4.69, 9.17) is 0 Å². The van der Waals surface area contributed by atoms with Crippen molar-refractivity contribution >= 4 is 5.91 Å². The first-order valence-electron chi connectivity index (χ1n) is 4.09. The number of carbonyl (C=O) groups excluding carboxylic acids is 1. The Morgan fingerprint density at radius 2 is 2.67 bits per heavy atom. The minimum atomic E-state index is 0.159. The molecule has 64 valence electrons. The third-order valence-corrected chi connectivity index (χ3v) is 2.07. The molecule has 0 saturated carbocycles. The SMILES string of the molecule is O=C1CC(Cn2cccn2)CN1. The molecular weight excluding hydrogens is 154 g/mol. The van der Waals surface area contributed by atoms with E-state index in [0.29, 0.717) is 12.3 Å². The zero-order valence-corrected chi connectivity index (χ0v) is 6.73. The van der Waals surface area contributed by atoms with Crippen LogP contribution in [0.3, 0.4) is 0 Å². The van der Waals surface area contributed by atoms with Gasteiger partial charge in [-0.25, -0.2) is 0 Å². The molecule has 1 fully saturated rings. The Hall–Kier alpha value is -1.32. The van der Waals surface area contributed by atoms with Crippen LogP contribution < -0.4 is 5.32 Å². The van der Waals surface area contributed by atoms with Crippen molar-refractivity contribution < 1.29 is 4.79 Å². The van der Waals surface area contributed by atoms with E-state index >= 15 is 0 Å². The molecule has 1 N–H and O–H groups in total. The Balaban J connectivity index is 1.92. The summed E-state index contributed by atoms with van der Waals surface area (Å²) in [5, 5.41) is 6.88. The van der Waals surface area contributed by atoms with Crippen LogP contribution in [0.2, 0.25) is 0 Å². The van der Waals surface area contributed by atoms with Gasteiger partial charge in [-0.2, -0.15) is 5.10 Å². The van der Waals surface area contributed by atoms with Gasteiger partial charge in [0.15, 0.2) is 0 Å². The van der Waals surface area contributed by atoms with Gasteiger partial charge in [-0.05, 0) is 6.07 Å². The van der Waals surface area contributed by atoms with Crippen LogP contribution in [0, 0.1) is 5.92 Å². The summed E-state index contributed by atoms with van der Waals surface area (Å²) >= 11 is 0. The Labute approximate surface area is 70.6 Å². The largest absolute Gasteiger partial charge is 0.356 e. The van der Waals surface area contributed by atoms with Crippen LogP contribution in [0.5, 0.6) is 0 Å². The number of carbonyl (C=O) groups is 1. The number of rotatable bonds is 2. The summed E-state index contributed by atoms with van der Waals surface area (Å²) in [6.45, 7) is 1.63. The molecule has 1 aliphatic rings. The summed E-state index contributed by atoms with van der Waals surface area (Å²) in [7, 11) is 0. The lowest BCUT2D eigenvalue weighted by atomic mass is 10.1. The maximum atomic E-state index is 10.8. The highest BCUT2D eigenvalue weighted by Crippen LogP contribution is 2.10. The molecule has 0 aliphatic carbocycles. The van der Waals surface area contributed by atoms with Crippen LogP contribution in [0.1, 0.15) is 6.42 Å². The minimum absolute atomic E-state index is 0.159. The van der Waals surface area contributed by atoms with Gasteiger partial charge in [0.2, 0.25) is 5.91 Å². The van der Waals surface area contributed by atoms with Crippen molar-refractivity contribution in [2.45, 2.75) is 13.0 Å². The lowest BCUT2D eigenvalue weighted by Gasteiger charge is -2.05. The standard InChI is InChI=1S/C8H11N3O/c12-8-4-7(5-9-8)6-11-3-1-2-10-11/h1-3,7H,4-6H2,(H,9,12). The van der Waals surface area contributed by atoms with Crippen LogP contribution in [0.25, 0.3) is 0 Å². The second kappa shape index (κ2) is 2.97. The summed E-state index contributed by atoms with van der Waals surface area (Å²) in [6.07, 6.45) is 4.31. The van der Waals surface area contributed by atoms with Crippen LogP contribution in [0.4, 0.5) is 0 Å². The van der Waals surface area contributed by atoms with E-state index in [1.54, 1.807) is 6.20 Å². The van der Waals surface area contributed by atoms with Crippen LogP contribution >= 0.6 is 0 Å². The fraction of sp³-hybridized carbons (Fsp3) is 0.500. The Bertz CT molecular complexity index is 268. The molecule has 0 bridgehead atoms. The van der Waals surface area contributed by atoms with Crippen molar-refractivity contribution in [3.8, 4) is 0 Å².